The third-order valence-corrected chi connectivity index (χ3v) is 3.68. The smallest absolute Gasteiger partial charge is 0.185 e. The van der Waals surface area contributed by atoms with Gasteiger partial charge in [0.25, 0.3) is 0 Å². The molecule has 0 aliphatic carbocycles. The molecule has 0 rings (SSSR count). The van der Waals surface area contributed by atoms with Crippen molar-refractivity contribution in [3.05, 3.63) is 0 Å². The van der Waals surface area contributed by atoms with E-state index in [0.717, 1.165) is 45.1 Å². The first-order chi connectivity index (χ1) is 11.2. The molecule has 5 heteroatoms. The molecule has 0 amide bonds. The van der Waals surface area contributed by atoms with Gasteiger partial charge in [0.1, 0.15) is 12.2 Å². The Hall–Kier alpha value is -0.200. The van der Waals surface area contributed by atoms with E-state index in [1.165, 1.54) is 0 Å². The first kappa shape index (κ1) is 22.8. The van der Waals surface area contributed by atoms with E-state index in [0.29, 0.717) is 19.8 Å². The lowest BCUT2D eigenvalue weighted by molar-refractivity contribution is -0.229. The lowest BCUT2D eigenvalue weighted by atomic mass is 10.2. The maximum atomic E-state index is 6.02. The second-order valence-electron chi connectivity index (χ2n) is 5.72. The summed E-state index contributed by atoms with van der Waals surface area (Å²) in [7, 11) is 3.33. The quantitative estimate of drug-likeness (QED) is 0.299. The number of methoxy groups -OCH3 is 2. The van der Waals surface area contributed by atoms with Crippen LogP contribution in [0.15, 0.2) is 0 Å². The van der Waals surface area contributed by atoms with Crippen molar-refractivity contribution < 1.29 is 23.7 Å². The Labute approximate surface area is 143 Å². The molecule has 0 aliphatic rings. The van der Waals surface area contributed by atoms with Crippen molar-refractivity contribution in [2.24, 2.45) is 0 Å². The van der Waals surface area contributed by atoms with Crippen LogP contribution in [0.1, 0.15) is 59.3 Å². The van der Waals surface area contributed by atoms with Crippen molar-refractivity contribution >= 4 is 0 Å². The summed E-state index contributed by atoms with van der Waals surface area (Å²) in [5.41, 5.74) is 0. The molecule has 0 spiro atoms. The van der Waals surface area contributed by atoms with Crippen LogP contribution in [0.2, 0.25) is 0 Å². The highest BCUT2D eigenvalue weighted by Crippen LogP contribution is 2.15. The fraction of sp³-hybridized carbons (Fsp3) is 1.00. The van der Waals surface area contributed by atoms with Gasteiger partial charge in [-0.2, -0.15) is 0 Å². The van der Waals surface area contributed by atoms with Gasteiger partial charge in [-0.3, -0.25) is 0 Å². The third kappa shape index (κ3) is 11.1. The van der Waals surface area contributed by atoms with E-state index in [9.17, 15) is 0 Å². The fourth-order valence-corrected chi connectivity index (χ4v) is 2.11. The van der Waals surface area contributed by atoms with Gasteiger partial charge in [0.15, 0.2) is 6.29 Å². The molecule has 0 saturated carbocycles. The number of hydrogen-bond acceptors (Lipinski definition) is 5. The Bertz CT molecular complexity index is 237. The van der Waals surface area contributed by atoms with Crippen LogP contribution in [0, 0.1) is 0 Å². The highest BCUT2D eigenvalue weighted by molar-refractivity contribution is 4.75. The van der Waals surface area contributed by atoms with E-state index in [1.807, 2.05) is 0 Å². The summed E-state index contributed by atoms with van der Waals surface area (Å²) < 4.78 is 28.7. The number of rotatable bonds is 17. The Balaban J connectivity index is 4.61. The van der Waals surface area contributed by atoms with E-state index in [1.54, 1.807) is 14.2 Å². The molecule has 140 valence electrons. The fourth-order valence-electron chi connectivity index (χ4n) is 2.11. The van der Waals surface area contributed by atoms with Crippen LogP contribution in [-0.2, 0) is 23.7 Å². The molecule has 0 saturated heterocycles. The number of unbranched alkanes of at least 4 members (excludes halogenated alkanes) is 3. The topological polar surface area (TPSA) is 46.2 Å². The molecule has 0 aliphatic heterocycles. The molecular weight excluding hydrogens is 296 g/mol. The highest BCUT2D eigenvalue weighted by Gasteiger charge is 2.32. The molecule has 5 nitrogen and oxygen atoms in total. The predicted molar refractivity (Wildman–Crippen MR) is 92.8 cm³/mol. The number of ether oxygens (including phenoxy) is 5. The van der Waals surface area contributed by atoms with Crippen molar-refractivity contribution in [3.8, 4) is 0 Å². The Kier molecular flexibility index (Phi) is 16.5. The maximum Gasteiger partial charge on any atom is 0.185 e. The molecule has 0 aromatic heterocycles. The Morgan fingerprint density at radius 3 is 1.78 bits per heavy atom. The average Bonchev–Trinajstić information content (AvgIpc) is 2.57. The largest absolute Gasteiger partial charge is 0.379 e. The van der Waals surface area contributed by atoms with Gasteiger partial charge < -0.3 is 23.7 Å². The van der Waals surface area contributed by atoms with Gasteiger partial charge in [-0.1, -0.05) is 40.0 Å². The van der Waals surface area contributed by atoms with Gasteiger partial charge in [0.05, 0.1) is 6.61 Å². The molecule has 0 fully saturated rings. The third-order valence-electron chi connectivity index (χ3n) is 3.68. The van der Waals surface area contributed by atoms with Gasteiger partial charge in [0.2, 0.25) is 0 Å². The molecule has 3 atom stereocenters. The zero-order chi connectivity index (χ0) is 17.3. The molecule has 0 heterocycles. The van der Waals surface area contributed by atoms with Crippen LogP contribution in [0.3, 0.4) is 0 Å². The Morgan fingerprint density at radius 1 is 0.696 bits per heavy atom. The molecule has 0 aromatic rings. The summed E-state index contributed by atoms with van der Waals surface area (Å²) in [6, 6.07) is 0. The van der Waals surface area contributed by atoms with Crippen molar-refractivity contribution in [1.29, 1.82) is 0 Å². The van der Waals surface area contributed by atoms with E-state index < -0.39 is 6.29 Å². The number of hydrogen-bond donors (Lipinski definition) is 0. The molecule has 1 unspecified atom stereocenters. The second-order valence-corrected chi connectivity index (χ2v) is 5.72. The predicted octanol–water partition coefficient (Wildman–Crippen LogP) is 3.79. The molecule has 0 radical (unpaired) electrons. The van der Waals surface area contributed by atoms with Crippen LogP contribution in [0.5, 0.6) is 0 Å². The lowest BCUT2D eigenvalue weighted by Crippen LogP contribution is -2.46. The lowest BCUT2D eigenvalue weighted by Gasteiger charge is -2.32. The SMILES string of the molecule is CCCCOCC(OC)[C@H](OCCCC)[C@@H](OC)OCCCC. The minimum absolute atomic E-state index is 0.199. The summed E-state index contributed by atoms with van der Waals surface area (Å²) in [4.78, 5) is 0. The van der Waals surface area contributed by atoms with Crippen LogP contribution in [-0.4, -0.2) is 59.1 Å². The second kappa shape index (κ2) is 16.7. The van der Waals surface area contributed by atoms with Gasteiger partial charge in [-0.05, 0) is 19.3 Å². The van der Waals surface area contributed by atoms with Gasteiger partial charge >= 0.3 is 0 Å². The minimum atomic E-state index is -0.432. The standard InChI is InChI=1S/C18H38O5/c1-6-9-12-21-15-16(19-4)17(22-13-10-7-2)18(20-5)23-14-11-8-3/h16-18H,6-15H2,1-5H3/t16?,17-,18-/m0/s1. The van der Waals surface area contributed by atoms with E-state index in [-0.39, 0.29) is 12.2 Å². The van der Waals surface area contributed by atoms with Gasteiger partial charge in [0, 0.05) is 34.0 Å². The monoisotopic (exact) mass is 334 g/mol. The summed E-state index contributed by atoms with van der Waals surface area (Å²) in [5, 5.41) is 0. The van der Waals surface area contributed by atoms with E-state index in [4.69, 9.17) is 23.7 Å². The first-order valence-corrected chi connectivity index (χ1v) is 9.11. The Morgan fingerprint density at radius 2 is 1.26 bits per heavy atom. The van der Waals surface area contributed by atoms with Crippen molar-refractivity contribution in [1.82, 2.24) is 0 Å². The maximum absolute atomic E-state index is 6.02. The van der Waals surface area contributed by atoms with Crippen LogP contribution < -0.4 is 0 Å². The van der Waals surface area contributed by atoms with Crippen LogP contribution in [0.25, 0.3) is 0 Å². The summed E-state index contributed by atoms with van der Waals surface area (Å²) >= 11 is 0. The summed E-state index contributed by atoms with van der Waals surface area (Å²) in [5.74, 6) is 0. The van der Waals surface area contributed by atoms with Gasteiger partial charge in [-0.15, -0.1) is 0 Å². The minimum Gasteiger partial charge on any atom is -0.379 e. The zero-order valence-electron chi connectivity index (χ0n) is 15.8. The molecule has 0 N–H and O–H groups in total. The van der Waals surface area contributed by atoms with Gasteiger partial charge in [-0.25, -0.2) is 0 Å². The van der Waals surface area contributed by atoms with Crippen molar-refractivity contribution in [2.45, 2.75) is 77.8 Å². The first-order valence-electron chi connectivity index (χ1n) is 9.11. The summed E-state index contributed by atoms with van der Waals surface area (Å²) in [6.45, 7) is 9.00. The van der Waals surface area contributed by atoms with Crippen LogP contribution >= 0.6 is 0 Å². The highest BCUT2D eigenvalue weighted by atomic mass is 16.7. The summed E-state index contributed by atoms with van der Waals surface area (Å²) in [6.07, 6.45) is 5.45. The molecule has 0 aromatic carbocycles. The molecule has 0 bridgehead atoms. The normalized spacial score (nSPS) is 15.5. The van der Waals surface area contributed by atoms with Crippen LogP contribution in [0.4, 0.5) is 0 Å². The molecular formula is C18H38O5. The average molecular weight is 334 g/mol. The van der Waals surface area contributed by atoms with Crippen molar-refractivity contribution in [3.63, 3.8) is 0 Å². The zero-order valence-corrected chi connectivity index (χ0v) is 15.8. The molecule has 23 heavy (non-hydrogen) atoms. The van der Waals surface area contributed by atoms with Crippen molar-refractivity contribution in [2.75, 3.05) is 40.6 Å². The van der Waals surface area contributed by atoms with E-state index in [2.05, 4.69) is 20.8 Å². The van der Waals surface area contributed by atoms with E-state index >= 15 is 0 Å².